The summed E-state index contributed by atoms with van der Waals surface area (Å²) in [5, 5.41) is 23.3. The van der Waals surface area contributed by atoms with Crippen LogP contribution in [-0.2, 0) is 14.3 Å². The second kappa shape index (κ2) is 63.6. The van der Waals surface area contributed by atoms with Crippen LogP contribution in [0.15, 0.2) is 36.5 Å². The SMILES string of the molecule is CCCCCC/C=C\CCCCCCCC(=O)OCCCCCCCCCCC/C=C\C/C=C\CCCCCCCCCCCCCC(=O)NC(CO)C(O)CCCCCCCCCCCCCCCCCCC. The largest absolute Gasteiger partial charge is 0.466 e. The molecule has 0 radical (unpaired) electrons. The number of hydrogen-bond donors (Lipinski definition) is 3. The van der Waals surface area contributed by atoms with Crippen molar-refractivity contribution in [3.05, 3.63) is 36.5 Å². The van der Waals surface area contributed by atoms with Crippen LogP contribution in [0.3, 0.4) is 0 Å². The van der Waals surface area contributed by atoms with Crippen molar-refractivity contribution in [3.8, 4) is 0 Å². The van der Waals surface area contributed by atoms with Gasteiger partial charge in [0, 0.05) is 12.8 Å². The highest BCUT2D eigenvalue weighted by Gasteiger charge is 2.20. The Balaban J connectivity index is 3.42. The van der Waals surface area contributed by atoms with Gasteiger partial charge >= 0.3 is 5.97 Å². The molecular formula is C68H129NO5. The first-order chi connectivity index (χ1) is 36.5. The lowest BCUT2D eigenvalue weighted by atomic mass is 10.0. The Morgan fingerprint density at radius 2 is 0.676 bits per heavy atom. The van der Waals surface area contributed by atoms with Crippen LogP contribution in [0.25, 0.3) is 0 Å². The Labute approximate surface area is 462 Å². The molecule has 6 heteroatoms. The fourth-order valence-electron chi connectivity index (χ4n) is 10.3. The zero-order valence-electron chi connectivity index (χ0n) is 49.8. The number of hydrogen-bond acceptors (Lipinski definition) is 5. The molecule has 0 aromatic carbocycles. The van der Waals surface area contributed by atoms with Gasteiger partial charge in [0.1, 0.15) is 0 Å². The number of esters is 1. The average Bonchev–Trinajstić information content (AvgIpc) is 3.40. The molecule has 0 spiro atoms. The molecule has 0 aromatic heterocycles. The summed E-state index contributed by atoms with van der Waals surface area (Å²) >= 11 is 0. The van der Waals surface area contributed by atoms with E-state index < -0.39 is 12.1 Å². The van der Waals surface area contributed by atoms with Crippen LogP contribution in [0.2, 0.25) is 0 Å². The van der Waals surface area contributed by atoms with Crippen molar-refractivity contribution in [2.75, 3.05) is 13.2 Å². The molecule has 0 saturated carbocycles. The maximum atomic E-state index is 12.5. The Bertz CT molecular complexity index is 1200. The van der Waals surface area contributed by atoms with Gasteiger partial charge in [-0.05, 0) is 83.5 Å². The Hall–Kier alpha value is -1.92. The molecule has 74 heavy (non-hydrogen) atoms. The third kappa shape index (κ3) is 59.3. The van der Waals surface area contributed by atoms with Gasteiger partial charge in [-0.2, -0.15) is 0 Å². The topological polar surface area (TPSA) is 95.9 Å². The third-order valence-corrected chi connectivity index (χ3v) is 15.4. The van der Waals surface area contributed by atoms with Crippen molar-refractivity contribution in [3.63, 3.8) is 0 Å². The summed E-state index contributed by atoms with van der Waals surface area (Å²) in [5.74, 6) is -0.0341. The number of carbonyl (C=O) groups is 2. The van der Waals surface area contributed by atoms with Crippen LogP contribution in [-0.4, -0.2) is 47.4 Å². The first-order valence-corrected chi connectivity index (χ1v) is 33.2. The average molecular weight is 1040 g/mol. The molecule has 1 amide bonds. The summed E-state index contributed by atoms with van der Waals surface area (Å²) in [6.45, 7) is 4.95. The van der Waals surface area contributed by atoms with Gasteiger partial charge in [-0.15, -0.1) is 0 Å². The number of rotatable bonds is 62. The molecule has 0 fully saturated rings. The number of carbonyl (C=O) groups excluding carboxylic acids is 2. The highest BCUT2D eigenvalue weighted by Crippen LogP contribution is 2.18. The molecular weight excluding hydrogens is 911 g/mol. The Morgan fingerprint density at radius 1 is 0.378 bits per heavy atom. The first kappa shape index (κ1) is 72.1. The quantitative estimate of drug-likeness (QED) is 0.0320. The van der Waals surface area contributed by atoms with Crippen LogP contribution in [0.1, 0.15) is 361 Å². The maximum Gasteiger partial charge on any atom is 0.305 e. The fourth-order valence-corrected chi connectivity index (χ4v) is 10.3. The van der Waals surface area contributed by atoms with Crippen molar-refractivity contribution in [1.29, 1.82) is 0 Å². The number of unbranched alkanes of at least 4 members (excludes halogenated alkanes) is 45. The third-order valence-electron chi connectivity index (χ3n) is 15.4. The monoisotopic (exact) mass is 1040 g/mol. The first-order valence-electron chi connectivity index (χ1n) is 33.2. The van der Waals surface area contributed by atoms with E-state index in [0.717, 1.165) is 51.4 Å². The second-order valence-electron chi connectivity index (χ2n) is 22.8. The molecule has 0 aliphatic carbocycles. The summed E-state index contributed by atoms with van der Waals surface area (Å²) in [6, 6.07) is -0.544. The number of allylic oxidation sites excluding steroid dienone is 6. The highest BCUT2D eigenvalue weighted by atomic mass is 16.5. The van der Waals surface area contributed by atoms with Crippen LogP contribution < -0.4 is 5.32 Å². The minimum Gasteiger partial charge on any atom is -0.466 e. The van der Waals surface area contributed by atoms with E-state index in [1.807, 2.05) is 0 Å². The number of aliphatic hydroxyl groups is 2. The summed E-state index contributed by atoms with van der Waals surface area (Å²) < 4.78 is 5.47. The molecule has 0 heterocycles. The number of amides is 1. The highest BCUT2D eigenvalue weighted by molar-refractivity contribution is 5.76. The number of ether oxygens (including phenoxy) is 1. The fraction of sp³-hybridized carbons (Fsp3) is 0.882. The molecule has 0 aliphatic heterocycles. The summed E-state index contributed by atoms with van der Waals surface area (Å²) in [7, 11) is 0. The predicted molar refractivity (Wildman–Crippen MR) is 324 cm³/mol. The van der Waals surface area contributed by atoms with E-state index in [4.69, 9.17) is 4.74 Å². The minimum absolute atomic E-state index is 0.00156. The molecule has 0 saturated heterocycles. The molecule has 2 atom stereocenters. The van der Waals surface area contributed by atoms with Gasteiger partial charge < -0.3 is 20.3 Å². The van der Waals surface area contributed by atoms with E-state index >= 15 is 0 Å². The molecule has 436 valence electrons. The van der Waals surface area contributed by atoms with Crippen molar-refractivity contribution >= 4 is 11.9 Å². The Kier molecular flexibility index (Phi) is 62.0. The van der Waals surface area contributed by atoms with Gasteiger partial charge in [-0.25, -0.2) is 0 Å². The smallest absolute Gasteiger partial charge is 0.305 e. The number of aliphatic hydroxyl groups excluding tert-OH is 2. The molecule has 0 bridgehead atoms. The Morgan fingerprint density at radius 3 is 1.05 bits per heavy atom. The minimum atomic E-state index is -0.667. The van der Waals surface area contributed by atoms with Gasteiger partial charge in [0.05, 0.1) is 25.4 Å². The lowest BCUT2D eigenvalue weighted by molar-refractivity contribution is -0.143. The van der Waals surface area contributed by atoms with Crippen LogP contribution in [0.5, 0.6) is 0 Å². The van der Waals surface area contributed by atoms with Crippen molar-refractivity contribution in [2.24, 2.45) is 0 Å². The zero-order valence-corrected chi connectivity index (χ0v) is 49.8. The molecule has 3 N–H and O–H groups in total. The van der Waals surface area contributed by atoms with Gasteiger partial charge in [0.15, 0.2) is 0 Å². The van der Waals surface area contributed by atoms with Crippen molar-refractivity contribution in [1.82, 2.24) is 5.32 Å². The van der Waals surface area contributed by atoms with Gasteiger partial charge in [0.2, 0.25) is 5.91 Å². The van der Waals surface area contributed by atoms with Gasteiger partial charge in [-0.1, -0.05) is 301 Å². The second-order valence-corrected chi connectivity index (χ2v) is 22.8. The zero-order chi connectivity index (χ0) is 53.6. The lowest BCUT2D eigenvalue weighted by Crippen LogP contribution is -2.45. The molecule has 0 rings (SSSR count). The standard InChI is InChI=1S/C68H129NO5/c1-3-5-7-9-11-13-15-17-18-30-33-37-40-44-48-52-56-60-66(71)65(64-70)69-67(72)61-57-53-49-45-41-38-34-31-28-26-24-22-20-19-21-23-25-27-29-32-35-39-43-47-51-55-59-63-74-68(73)62-58-54-50-46-42-36-16-14-12-10-8-6-4-2/h14,16,19-20,23,25,65-66,70-71H,3-13,15,17-18,21-22,24,26-64H2,1-2H3,(H,69,72)/b16-14-,20-19-,25-23-. The van der Waals surface area contributed by atoms with E-state index in [2.05, 4.69) is 55.6 Å². The van der Waals surface area contributed by atoms with Gasteiger partial charge in [0.25, 0.3) is 0 Å². The van der Waals surface area contributed by atoms with Gasteiger partial charge in [-0.3, -0.25) is 9.59 Å². The summed E-state index contributed by atoms with van der Waals surface area (Å²) in [4.78, 5) is 24.5. The maximum absolute atomic E-state index is 12.5. The van der Waals surface area contributed by atoms with E-state index in [9.17, 15) is 19.8 Å². The molecule has 0 aliphatic rings. The molecule has 2 unspecified atom stereocenters. The lowest BCUT2D eigenvalue weighted by Gasteiger charge is -2.22. The van der Waals surface area contributed by atoms with Crippen LogP contribution in [0, 0.1) is 0 Å². The molecule has 6 nitrogen and oxygen atoms in total. The predicted octanol–water partition coefficient (Wildman–Crippen LogP) is 21.1. The normalized spacial score (nSPS) is 12.8. The summed E-state index contributed by atoms with van der Waals surface area (Å²) in [6.07, 6.45) is 80.3. The van der Waals surface area contributed by atoms with E-state index in [1.54, 1.807) is 0 Å². The van der Waals surface area contributed by atoms with E-state index in [1.165, 1.54) is 276 Å². The number of nitrogens with one attached hydrogen (secondary N) is 1. The van der Waals surface area contributed by atoms with Crippen LogP contribution >= 0.6 is 0 Å². The van der Waals surface area contributed by atoms with E-state index in [0.29, 0.717) is 25.9 Å². The molecule has 0 aromatic rings. The van der Waals surface area contributed by atoms with Crippen molar-refractivity contribution < 1.29 is 24.5 Å². The van der Waals surface area contributed by atoms with Crippen molar-refractivity contribution in [2.45, 2.75) is 373 Å². The van der Waals surface area contributed by atoms with E-state index in [-0.39, 0.29) is 18.5 Å². The van der Waals surface area contributed by atoms with Crippen LogP contribution in [0.4, 0.5) is 0 Å². The summed E-state index contributed by atoms with van der Waals surface area (Å²) in [5.41, 5.74) is 0.